The summed E-state index contributed by atoms with van der Waals surface area (Å²) in [7, 11) is 0. The van der Waals surface area contributed by atoms with Gasteiger partial charge in [0.1, 0.15) is 5.75 Å². The average molecular weight is 298 g/mol. The molecule has 0 aliphatic rings. The summed E-state index contributed by atoms with van der Waals surface area (Å²) in [6.45, 7) is 5.77. The Morgan fingerprint density at radius 2 is 2.10 bits per heavy atom. The lowest BCUT2D eigenvalue weighted by atomic mass is 10.1. The molecule has 20 heavy (non-hydrogen) atoms. The molecular formula is C15H20ClNO3. The molecule has 0 bridgehead atoms. The molecule has 110 valence electrons. The van der Waals surface area contributed by atoms with Gasteiger partial charge in [0.25, 0.3) is 5.91 Å². The largest absolute Gasteiger partial charge is 0.480 e. The molecule has 0 saturated heterocycles. The van der Waals surface area contributed by atoms with E-state index in [4.69, 9.17) is 16.3 Å². The fourth-order valence-electron chi connectivity index (χ4n) is 1.66. The SMILES string of the molecule is CCCCNC(=O)C(C)Oc1ccc(Cl)cc1C(C)=O. The zero-order valence-electron chi connectivity index (χ0n) is 12.0. The Morgan fingerprint density at radius 3 is 2.70 bits per heavy atom. The molecule has 0 heterocycles. The van der Waals surface area contributed by atoms with Crippen molar-refractivity contribution in [1.29, 1.82) is 0 Å². The van der Waals surface area contributed by atoms with E-state index in [1.54, 1.807) is 25.1 Å². The van der Waals surface area contributed by atoms with Crippen molar-refractivity contribution in [3.63, 3.8) is 0 Å². The molecule has 1 atom stereocenters. The lowest BCUT2D eigenvalue weighted by Crippen LogP contribution is -2.37. The van der Waals surface area contributed by atoms with Crippen LogP contribution in [0.15, 0.2) is 18.2 Å². The van der Waals surface area contributed by atoms with Gasteiger partial charge in [-0.25, -0.2) is 0 Å². The van der Waals surface area contributed by atoms with Crippen LogP contribution in [0.4, 0.5) is 0 Å². The minimum absolute atomic E-state index is 0.152. The first-order valence-electron chi connectivity index (χ1n) is 6.70. The van der Waals surface area contributed by atoms with E-state index in [9.17, 15) is 9.59 Å². The van der Waals surface area contributed by atoms with Gasteiger partial charge in [-0.1, -0.05) is 24.9 Å². The lowest BCUT2D eigenvalue weighted by molar-refractivity contribution is -0.127. The van der Waals surface area contributed by atoms with Gasteiger partial charge in [-0.15, -0.1) is 0 Å². The van der Waals surface area contributed by atoms with E-state index in [2.05, 4.69) is 12.2 Å². The maximum atomic E-state index is 11.8. The molecular weight excluding hydrogens is 278 g/mol. The van der Waals surface area contributed by atoms with Crippen molar-refractivity contribution < 1.29 is 14.3 Å². The zero-order chi connectivity index (χ0) is 15.1. The summed E-state index contributed by atoms with van der Waals surface area (Å²) >= 11 is 5.86. The van der Waals surface area contributed by atoms with Gasteiger partial charge in [-0.3, -0.25) is 9.59 Å². The van der Waals surface area contributed by atoms with Crippen molar-refractivity contribution >= 4 is 23.3 Å². The molecule has 1 unspecified atom stereocenters. The van der Waals surface area contributed by atoms with Crippen LogP contribution in [-0.4, -0.2) is 24.3 Å². The van der Waals surface area contributed by atoms with E-state index in [0.717, 1.165) is 12.8 Å². The van der Waals surface area contributed by atoms with E-state index in [0.29, 0.717) is 22.9 Å². The number of carbonyl (C=O) groups excluding carboxylic acids is 2. The average Bonchev–Trinajstić information content (AvgIpc) is 2.40. The number of carbonyl (C=O) groups is 2. The number of benzene rings is 1. The third-order valence-corrected chi connectivity index (χ3v) is 3.06. The minimum atomic E-state index is -0.661. The molecule has 0 radical (unpaired) electrons. The summed E-state index contributed by atoms with van der Waals surface area (Å²) in [6, 6.07) is 4.78. The minimum Gasteiger partial charge on any atom is -0.480 e. The number of halogens is 1. The topological polar surface area (TPSA) is 55.4 Å². The van der Waals surface area contributed by atoms with E-state index in [-0.39, 0.29) is 11.7 Å². The third-order valence-electron chi connectivity index (χ3n) is 2.82. The molecule has 1 aromatic rings. The Bertz CT molecular complexity index is 488. The van der Waals surface area contributed by atoms with Crippen LogP contribution in [0.25, 0.3) is 0 Å². The van der Waals surface area contributed by atoms with Crippen LogP contribution >= 0.6 is 11.6 Å². The van der Waals surface area contributed by atoms with Crippen LogP contribution in [0.1, 0.15) is 44.0 Å². The van der Waals surface area contributed by atoms with Crippen molar-refractivity contribution in [3.8, 4) is 5.75 Å². The summed E-state index contributed by atoms with van der Waals surface area (Å²) in [4.78, 5) is 23.4. The number of rotatable bonds is 7. The molecule has 1 amide bonds. The number of hydrogen-bond donors (Lipinski definition) is 1. The number of ketones is 1. The normalized spacial score (nSPS) is 11.8. The maximum Gasteiger partial charge on any atom is 0.260 e. The van der Waals surface area contributed by atoms with Crippen molar-refractivity contribution in [3.05, 3.63) is 28.8 Å². The second kappa shape index (κ2) is 7.90. The van der Waals surface area contributed by atoms with Crippen LogP contribution < -0.4 is 10.1 Å². The summed E-state index contributed by atoms with van der Waals surface area (Å²) in [5.41, 5.74) is 0.380. The number of ether oxygens (including phenoxy) is 1. The molecule has 0 fully saturated rings. The number of unbranched alkanes of at least 4 members (excludes halogenated alkanes) is 1. The first kappa shape index (κ1) is 16.5. The summed E-state index contributed by atoms with van der Waals surface area (Å²) in [5.74, 6) is 0.0315. The predicted octanol–water partition coefficient (Wildman–Crippen LogP) is 3.23. The van der Waals surface area contributed by atoms with Crippen molar-refractivity contribution in [2.45, 2.75) is 39.7 Å². The Balaban J connectivity index is 2.72. The highest BCUT2D eigenvalue weighted by molar-refractivity contribution is 6.31. The van der Waals surface area contributed by atoms with E-state index in [1.165, 1.54) is 6.92 Å². The number of amides is 1. The Morgan fingerprint density at radius 1 is 1.40 bits per heavy atom. The van der Waals surface area contributed by atoms with Gasteiger partial charge < -0.3 is 10.1 Å². The third kappa shape index (κ3) is 4.85. The van der Waals surface area contributed by atoms with Gasteiger partial charge in [-0.05, 0) is 38.5 Å². The van der Waals surface area contributed by atoms with Crippen LogP contribution in [0.2, 0.25) is 5.02 Å². The Labute approximate surface area is 124 Å². The van der Waals surface area contributed by atoms with Crippen LogP contribution in [0.5, 0.6) is 5.75 Å². The van der Waals surface area contributed by atoms with Gasteiger partial charge in [-0.2, -0.15) is 0 Å². The van der Waals surface area contributed by atoms with Gasteiger partial charge >= 0.3 is 0 Å². The molecule has 1 aromatic carbocycles. The van der Waals surface area contributed by atoms with E-state index < -0.39 is 6.10 Å². The second-order valence-electron chi connectivity index (χ2n) is 4.60. The lowest BCUT2D eigenvalue weighted by Gasteiger charge is -2.16. The number of hydrogen-bond acceptors (Lipinski definition) is 3. The van der Waals surface area contributed by atoms with Gasteiger partial charge in [0, 0.05) is 11.6 Å². The Hall–Kier alpha value is -1.55. The first-order valence-corrected chi connectivity index (χ1v) is 7.08. The highest BCUT2D eigenvalue weighted by Crippen LogP contribution is 2.24. The molecule has 5 heteroatoms. The molecule has 4 nitrogen and oxygen atoms in total. The maximum absolute atomic E-state index is 11.8. The first-order chi connectivity index (χ1) is 9.45. The number of Topliss-reactive ketones (excluding diaryl/α,β-unsaturated/α-hetero) is 1. The number of nitrogens with one attached hydrogen (secondary N) is 1. The molecule has 0 aliphatic heterocycles. The monoisotopic (exact) mass is 297 g/mol. The smallest absolute Gasteiger partial charge is 0.260 e. The molecule has 1 N–H and O–H groups in total. The highest BCUT2D eigenvalue weighted by Gasteiger charge is 2.17. The van der Waals surface area contributed by atoms with Gasteiger partial charge in [0.15, 0.2) is 11.9 Å². The quantitative estimate of drug-likeness (QED) is 0.621. The fourth-order valence-corrected chi connectivity index (χ4v) is 1.83. The van der Waals surface area contributed by atoms with Gasteiger partial charge in [0.05, 0.1) is 5.56 Å². The Kier molecular flexibility index (Phi) is 6.52. The van der Waals surface area contributed by atoms with Crippen molar-refractivity contribution in [1.82, 2.24) is 5.32 Å². The van der Waals surface area contributed by atoms with E-state index in [1.807, 2.05) is 0 Å². The van der Waals surface area contributed by atoms with Crippen molar-refractivity contribution in [2.24, 2.45) is 0 Å². The van der Waals surface area contributed by atoms with Crippen LogP contribution in [0.3, 0.4) is 0 Å². The standard InChI is InChI=1S/C15H20ClNO3/c1-4-5-8-17-15(19)11(3)20-14-7-6-12(16)9-13(14)10(2)18/h6-7,9,11H,4-5,8H2,1-3H3,(H,17,19). The molecule has 1 rings (SSSR count). The van der Waals surface area contributed by atoms with E-state index >= 15 is 0 Å². The van der Waals surface area contributed by atoms with Gasteiger partial charge in [0.2, 0.25) is 0 Å². The summed E-state index contributed by atoms with van der Waals surface area (Å²) in [6.07, 6.45) is 1.28. The highest BCUT2D eigenvalue weighted by atomic mass is 35.5. The summed E-state index contributed by atoms with van der Waals surface area (Å²) in [5, 5.41) is 3.25. The molecule has 0 spiro atoms. The fraction of sp³-hybridized carbons (Fsp3) is 0.467. The zero-order valence-corrected chi connectivity index (χ0v) is 12.8. The molecule has 0 aliphatic carbocycles. The predicted molar refractivity (Wildman–Crippen MR) is 79.5 cm³/mol. The van der Waals surface area contributed by atoms with Crippen molar-refractivity contribution in [2.75, 3.05) is 6.54 Å². The van der Waals surface area contributed by atoms with Crippen LogP contribution in [-0.2, 0) is 4.79 Å². The summed E-state index contributed by atoms with van der Waals surface area (Å²) < 4.78 is 5.56. The molecule has 0 saturated carbocycles. The second-order valence-corrected chi connectivity index (χ2v) is 5.04. The molecule has 0 aromatic heterocycles. The van der Waals surface area contributed by atoms with Crippen LogP contribution in [0, 0.1) is 0 Å².